The van der Waals surface area contributed by atoms with Gasteiger partial charge in [-0.25, -0.2) is 0 Å². The van der Waals surface area contributed by atoms with Crippen LogP contribution < -0.4 is 14.8 Å². The number of ketones is 1. The molecular formula is C23H27NO6. The molecule has 1 amide bonds. The predicted octanol–water partition coefficient (Wildman–Crippen LogP) is 3.87. The molecule has 0 fully saturated rings. The number of hydrogen-bond acceptors (Lipinski definition) is 6. The molecule has 7 heteroatoms. The fraction of sp³-hybridized carbons (Fsp3) is 0.348. The van der Waals surface area contributed by atoms with Gasteiger partial charge in [0.05, 0.1) is 19.6 Å². The van der Waals surface area contributed by atoms with Gasteiger partial charge in [0.15, 0.2) is 12.4 Å². The average molecular weight is 413 g/mol. The largest absolute Gasteiger partial charge is 0.494 e. The van der Waals surface area contributed by atoms with Gasteiger partial charge in [-0.1, -0.05) is 13.8 Å². The normalized spacial score (nSPS) is 10.4. The SMILES string of the molecule is CCOc1ccc(OCCC(=O)OCC(=O)c2ccc(NC(=O)C(C)C)cc2)cc1. The third-order valence-corrected chi connectivity index (χ3v) is 4.07. The molecule has 2 rings (SSSR count). The molecule has 0 bridgehead atoms. The maximum atomic E-state index is 12.2. The lowest BCUT2D eigenvalue weighted by atomic mass is 10.1. The van der Waals surface area contributed by atoms with E-state index < -0.39 is 5.97 Å². The Hall–Kier alpha value is -3.35. The molecule has 2 aromatic carbocycles. The molecule has 0 atom stereocenters. The Labute approximate surface area is 176 Å². The van der Waals surface area contributed by atoms with Gasteiger partial charge in [0.25, 0.3) is 0 Å². The minimum Gasteiger partial charge on any atom is -0.494 e. The van der Waals surface area contributed by atoms with Crippen LogP contribution in [0.5, 0.6) is 11.5 Å². The van der Waals surface area contributed by atoms with Gasteiger partial charge in [-0.05, 0) is 55.5 Å². The van der Waals surface area contributed by atoms with E-state index in [0.717, 1.165) is 5.75 Å². The van der Waals surface area contributed by atoms with Gasteiger partial charge in [0, 0.05) is 17.2 Å². The Bertz CT molecular complexity index is 843. The minimum absolute atomic E-state index is 0.0284. The molecule has 0 aliphatic heterocycles. The van der Waals surface area contributed by atoms with Gasteiger partial charge >= 0.3 is 5.97 Å². The van der Waals surface area contributed by atoms with Crippen LogP contribution in [-0.4, -0.2) is 37.5 Å². The Morgan fingerprint density at radius 1 is 0.900 bits per heavy atom. The van der Waals surface area contributed by atoms with Crippen molar-refractivity contribution in [1.82, 2.24) is 0 Å². The number of carbonyl (C=O) groups is 3. The molecule has 0 heterocycles. The molecule has 0 radical (unpaired) electrons. The predicted molar refractivity (Wildman–Crippen MR) is 113 cm³/mol. The zero-order valence-electron chi connectivity index (χ0n) is 17.5. The average Bonchev–Trinajstić information content (AvgIpc) is 2.74. The zero-order chi connectivity index (χ0) is 21.9. The summed E-state index contributed by atoms with van der Waals surface area (Å²) in [6.07, 6.45) is 0.0284. The third kappa shape index (κ3) is 7.58. The number of carbonyl (C=O) groups excluding carboxylic acids is 3. The maximum Gasteiger partial charge on any atom is 0.309 e. The smallest absolute Gasteiger partial charge is 0.309 e. The maximum absolute atomic E-state index is 12.2. The van der Waals surface area contributed by atoms with Crippen molar-refractivity contribution in [2.75, 3.05) is 25.1 Å². The summed E-state index contributed by atoms with van der Waals surface area (Å²) in [4.78, 5) is 35.7. The van der Waals surface area contributed by atoms with Crippen LogP contribution in [0, 0.1) is 5.92 Å². The van der Waals surface area contributed by atoms with Gasteiger partial charge in [0.2, 0.25) is 5.91 Å². The molecule has 160 valence electrons. The fourth-order valence-electron chi connectivity index (χ4n) is 2.38. The number of hydrogen-bond donors (Lipinski definition) is 1. The number of amides is 1. The molecule has 0 unspecified atom stereocenters. The van der Waals surface area contributed by atoms with Crippen LogP contribution in [0.2, 0.25) is 0 Å². The minimum atomic E-state index is -0.518. The highest BCUT2D eigenvalue weighted by Crippen LogP contribution is 2.17. The molecule has 1 N–H and O–H groups in total. The van der Waals surface area contributed by atoms with E-state index in [1.807, 2.05) is 6.92 Å². The number of ether oxygens (including phenoxy) is 3. The number of benzene rings is 2. The number of nitrogens with one attached hydrogen (secondary N) is 1. The Morgan fingerprint density at radius 3 is 2.07 bits per heavy atom. The highest BCUT2D eigenvalue weighted by Gasteiger charge is 2.12. The number of esters is 1. The van der Waals surface area contributed by atoms with E-state index in [4.69, 9.17) is 14.2 Å². The molecule has 0 saturated heterocycles. The summed E-state index contributed by atoms with van der Waals surface area (Å²) < 4.78 is 15.8. The summed E-state index contributed by atoms with van der Waals surface area (Å²) in [6, 6.07) is 13.5. The number of rotatable bonds is 11. The Morgan fingerprint density at radius 2 is 1.50 bits per heavy atom. The summed E-state index contributed by atoms with van der Waals surface area (Å²) in [7, 11) is 0. The van der Waals surface area contributed by atoms with Crippen molar-refractivity contribution in [3.8, 4) is 11.5 Å². The first-order chi connectivity index (χ1) is 14.4. The summed E-state index contributed by atoms with van der Waals surface area (Å²) in [6.45, 7) is 5.88. The van der Waals surface area contributed by atoms with Crippen LogP contribution in [-0.2, 0) is 14.3 Å². The summed E-state index contributed by atoms with van der Waals surface area (Å²) in [5, 5.41) is 2.75. The van der Waals surface area contributed by atoms with Crippen LogP contribution in [0.4, 0.5) is 5.69 Å². The summed E-state index contributed by atoms with van der Waals surface area (Å²) in [5.74, 6) is 0.289. The molecule has 0 aliphatic rings. The molecule has 7 nitrogen and oxygen atoms in total. The lowest BCUT2D eigenvalue weighted by Crippen LogP contribution is -2.18. The monoisotopic (exact) mass is 413 g/mol. The molecule has 0 spiro atoms. The second-order valence-electron chi connectivity index (χ2n) is 6.81. The topological polar surface area (TPSA) is 90.9 Å². The van der Waals surface area contributed by atoms with Crippen LogP contribution >= 0.6 is 0 Å². The summed E-state index contributed by atoms with van der Waals surface area (Å²) in [5.41, 5.74) is 1.00. The van der Waals surface area contributed by atoms with E-state index in [2.05, 4.69) is 5.32 Å². The van der Waals surface area contributed by atoms with Gasteiger partial charge < -0.3 is 19.5 Å². The molecule has 0 aliphatic carbocycles. The van der Waals surface area contributed by atoms with Crippen molar-refractivity contribution in [3.05, 3.63) is 54.1 Å². The van der Waals surface area contributed by atoms with Gasteiger partial charge in [-0.3, -0.25) is 14.4 Å². The lowest BCUT2D eigenvalue weighted by Gasteiger charge is -2.09. The quantitative estimate of drug-likeness (QED) is 0.444. The van der Waals surface area contributed by atoms with Crippen LogP contribution in [0.15, 0.2) is 48.5 Å². The zero-order valence-corrected chi connectivity index (χ0v) is 17.5. The van der Waals surface area contributed by atoms with E-state index in [0.29, 0.717) is 23.6 Å². The van der Waals surface area contributed by atoms with Crippen molar-refractivity contribution in [1.29, 1.82) is 0 Å². The summed E-state index contributed by atoms with van der Waals surface area (Å²) >= 11 is 0. The highest BCUT2D eigenvalue weighted by molar-refractivity contribution is 5.99. The van der Waals surface area contributed by atoms with E-state index in [1.54, 1.807) is 62.4 Å². The van der Waals surface area contributed by atoms with Gasteiger partial charge in [0.1, 0.15) is 11.5 Å². The van der Waals surface area contributed by atoms with Crippen molar-refractivity contribution < 1.29 is 28.6 Å². The van der Waals surface area contributed by atoms with E-state index in [-0.39, 0.29) is 37.2 Å². The second kappa shape index (κ2) is 11.6. The molecule has 0 aromatic heterocycles. The van der Waals surface area contributed by atoms with Crippen LogP contribution in [0.3, 0.4) is 0 Å². The highest BCUT2D eigenvalue weighted by atomic mass is 16.5. The van der Waals surface area contributed by atoms with E-state index >= 15 is 0 Å². The van der Waals surface area contributed by atoms with E-state index in [1.165, 1.54) is 0 Å². The van der Waals surface area contributed by atoms with Gasteiger partial charge in [-0.2, -0.15) is 0 Å². The van der Waals surface area contributed by atoms with Crippen molar-refractivity contribution in [3.63, 3.8) is 0 Å². The number of Topliss-reactive ketones (excluding diaryl/α,β-unsaturated/α-hetero) is 1. The molecule has 0 saturated carbocycles. The van der Waals surface area contributed by atoms with Crippen LogP contribution in [0.1, 0.15) is 37.6 Å². The van der Waals surface area contributed by atoms with Crippen molar-refractivity contribution in [2.24, 2.45) is 5.92 Å². The number of anilines is 1. The Kier molecular flexibility index (Phi) is 8.87. The fourth-order valence-corrected chi connectivity index (χ4v) is 2.38. The lowest BCUT2D eigenvalue weighted by molar-refractivity contribution is -0.143. The third-order valence-electron chi connectivity index (χ3n) is 4.07. The van der Waals surface area contributed by atoms with E-state index in [9.17, 15) is 14.4 Å². The van der Waals surface area contributed by atoms with Crippen molar-refractivity contribution in [2.45, 2.75) is 27.2 Å². The first kappa shape index (κ1) is 22.9. The molecular weight excluding hydrogens is 386 g/mol. The first-order valence-electron chi connectivity index (χ1n) is 9.84. The molecule has 2 aromatic rings. The van der Waals surface area contributed by atoms with Crippen LogP contribution in [0.25, 0.3) is 0 Å². The van der Waals surface area contributed by atoms with Gasteiger partial charge in [-0.15, -0.1) is 0 Å². The second-order valence-corrected chi connectivity index (χ2v) is 6.81. The standard InChI is InChI=1S/C23H27NO6/c1-4-28-19-9-11-20(12-10-19)29-14-13-22(26)30-15-21(25)17-5-7-18(8-6-17)24-23(27)16(2)3/h5-12,16H,4,13-15H2,1-3H3,(H,24,27). The van der Waals surface area contributed by atoms with Crippen molar-refractivity contribution >= 4 is 23.3 Å². The first-order valence-corrected chi connectivity index (χ1v) is 9.84. The Balaban J connectivity index is 1.71. The molecule has 30 heavy (non-hydrogen) atoms.